The Balaban J connectivity index is 1.51. The van der Waals surface area contributed by atoms with Gasteiger partial charge < -0.3 is 5.32 Å². The molecule has 6 nitrogen and oxygen atoms in total. The summed E-state index contributed by atoms with van der Waals surface area (Å²) in [5.74, 6) is -1.98. The highest BCUT2D eigenvalue weighted by atomic mass is 32.1. The molecule has 0 aliphatic carbocycles. The maximum atomic E-state index is 13.5. The maximum Gasteiger partial charge on any atom is 0.252 e. The number of nitrogens with zero attached hydrogens (tertiary/aromatic N) is 2. The molecule has 2 amide bonds. The zero-order chi connectivity index (χ0) is 23.2. The third-order valence-corrected chi connectivity index (χ3v) is 5.63. The van der Waals surface area contributed by atoms with Gasteiger partial charge in [-0.25, -0.2) is 8.78 Å². The molecule has 3 aromatic carbocycles. The Kier molecular flexibility index (Phi) is 6.80. The molecule has 2 N–H and O–H groups in total. The molecule has 166 valence electrons. The van der Waals surface area contributed by atoms with E-state index in [0.717, 1.165) is 23.0 Å². The molecule has 0 spiro atoms. The average molecular weight is 464 g/mol. The number of rotatable bonds is 7. The molecule has 1 atom stereocenters. The van der Waals surface area contributed by atoms with E-state index in [4.69, 9.17) is 0 Å². The van der Waals surface area contributed by atoms with Gasteiger partial charge in [0.2, 0.25) is 11.0 Å². The second-order valence-corrected chi connectivity index (χ2v) is 8.11. The average Bonchev–Trinajstić information content (AvgIpc) is 3.28. The third-order valence-electron chi connectivity index (χ3n) is 4.74. The van der Waals surface area contributed by atoms with Gasteiger partial charge in [0.1, 0.15) is 22.7 Å². The van der Waals surface area contributed by atoms with Crippen molar-refractivity contribution in [2.45, 2.75) is 12.5 Å². The van der Waals surface area contributed by atoms with Crippen LogP contribution in [0, 0.1) is 11.6 Å². The van der Waals surface area contributed by atoms with Crippen molar-refractivity contribution in [3.8, 4) is 10.6 Å². The first-order valence-electron chi connectivity index (χ1n) is 9.98. The lowest BCUT2D eigenvalue weighted by Gasteiger charge is -2.18. The number of carbonyl (C=O) groups is 2. The number of halogens is 2. The largest absolute Gasteiger partial charge is 0.340 e. The smallest absolute Gasteiger partial charge is 0.252 e. The van der Waals surface area contributed by atoms with Crippen molar-refractivity contribution in [1.29, 1.82) is 0 Å². The summed E-state index contributed by atoms with van der Waals surface area (Å²) >= 11 is 1.12. The monoisotopic (exact) mass is 464 g/mol. The zero-order valence-electron chi connectivity index (χ0n) is 17.2. The first-order chi connectivity index (χ1) is 16.0. The molecule has 0 saturated heterocycles. The minimum atomic E-state index is -0.943. The van der Waals surface area contributed by atoms with Crippen LogP contribution in [-0.2, 0) is 11.2 Å². The van der Waals surface area contributed by atoms with E-state index in [2.05, 4.69) is 20.8 Å². The summed E-state index contributed by atoms with van der Waals surface area (Å²) in [5.41, 5.74) is 1.60. The molecule has 1 heterocycles. The predicted molar refractivity (Wildman–Crippen MR) is 122 cm³/mol. The van der Waals surface area contributed by atoms with Crippen LogP contribution < -0.4 is 10.6 Å². The van der Waals surface area contributed by atoms with E-state index in [1.54, 1.807) is 12.1 Å². The SMILES string of the molecule is O=C(N[C@H](Cc1ccccc1)C(=O)Nc1nnc(-c2ccc(F)cc2)s1)c1cccc(F)c1. The van der Waals surface area contributed by atoms with Gasteiger partial charge in [0, 0.05) is 17.5 Å². The van der Waals surface area contributed by atoms with Crippen LogP contribution in [0.25, 0.3) is 10.6 Å². The van der Waals surface area contributed by atoms with Gasteiger partial charge in [-0.2, -0.15) is 0 Å². The van der Waals surface area contributed by atoms with Gasteiger partial charge in [0.15, 0.2) is 0 Å². The number of hydrogen-bond acceptors (Lipinski definition) is 5. The van der Waals surface area contributed by atoms with Gasteiger partial charge in [-0.3, -0.25) is 14.9 Å². The predicted octanol–water partition coefficient (Wildman–Crippen LogP) is 4.46. The molecular weight excluding hydrogens is 446 g/mol. The Morgan fingerprint density at radius 3 is 2.36 bits per heavy atom. The molecule has 1 aromatic heterocycles. The summed E-state index contributed by atoms with van der Waals surface area (Å²) < 4.78 is 26.7. The number of nitrogens with one attached hydrogen (secondary N) is 2. The number of carbonyl (C=O) groups excluding carboxylic acids is 2. The Morgan fingerprint density at radius 2 is 1.64 bits per heavy atom. The van der Waals surface area contributed by atoms with E-state index in [1.807, 2.05) is 30.3 Å². The van der Waals surface area contributed by atoms with Gasteiger partial charge in [0.25, 0.3) is 5.91 Å². The van der Waals surface area contributed by atoms with Crippen LogP contribution in [0.3, 0.4) is 0 Å². The van der Waals surface area contributed by atoms with Crippen LogP contribution in [0.15, 0.2) is 78.9 Å². The molecular formula is C24H18F2N4O2S. The Bertz CT molecular complexity index is 1260. The van der Waals surface area contributed by atoms with E-state index in [1.165, 1.54) is 30.3 Å². The lowest BCUT2D eigenvalue weighted by atomic mass is 10.0. The molecule has 4 aromatic rings. The second kappa shape index (κ2) is 10.1. The quantitative estimate of drug-likeness (QED) is 0.423. The summed E-state index contributed by atoms with van der Waals surface area (Å²) in [4.78, 5) is 25.7. The van der Waals surface area contributed by atoms with Crippen molar-refractivity contribution in [3.05, 3.63) is 102 Å². The highest BCUT2D eigenvalue weighted by Crippen LogP contribution is 2.26. The first-order valence-corrected chi connectivity index (χ1v) is 10.8. The van der Waals surface area contributed by atoms with Crippen molar-refractivity contribution >= 4 is 28.3 Å². The number of hydrogen-bond donors (Lipinski definition) is 2. The minimum absolute atomic E-state index is 0.107. The lowest BCUT2D eigenvalue weighted by molar-refractivity contribution is -0.118. The highest BCUT2D eigenvalue weighted by molar-refractivity contribution is 7.18. The van der Waals surface area contributed by atoms with Gasteiger partial charge in [-0.1, -0.05) is 47.7 Å². The summed E-state index contributed by atoms with van der Waals surface area (Å²) in [7, 11) is 0. The van der Waals surface area contributed by atoms with E-state index in [-0.39, 0.29) is 22.9 Å². The number of aromatic nitrogens is 2. The highest BCUT2D eigenvalue weighted by Gasteiger charge is 2.23. The van der Waals surface area contributed by atoms with Crippen LogP contribution in [0.2, 0.25) is 0 Å². The fourth-order valence-corrected chi connectivity index (χ4v) is 3.86. The van der Waals surface area contributed by atoms with Crippen LogP contribution in [0.4, 0.5) is 13.9 Å². The van der Waals surface area contributed by atoms with Crippen molar-refractivity contribution < 1.29 is 18.4 Å². The number of anilines is 1. The lowest BCUT2D eigenvalue weighted by Crippen LogP contribution is -2.45. The molecule has 0 aliphatic heterocycles. The van der Waals surface area contributed by atoms with Gasteiger partial charge in [-0.15, -0.1) is 10.2 Å². The molecule has 9 heteroatoms. The minimum Gasteiger partial charge on any atom is -0.340 e. The molecule has 0 aliphatic rings. The molecule has 0 unspecified atom stereocenters. The summed E-state index contributed by atoms with van der Waals surface area (Å²) in [5, 5.41) is 14.1. The summed E-state index contributed by atoms with van der Waals surface area (Å²) in [6, 6.07) is 19.2. The summed E-state index contributed by atoms with van der Waals surface area (Å²) in [6.07, 6.45) is 0.220. The van der Waals surface area contributed by atoms with Gasteiger partial charge in [0.05, 0.1) is 0 Å². The Hall–Kier alpha value is -3.98. The second-order valence-electron chi connectivity index (χ2n) is 7.13. The van der Waals surface area contributed by atoms with E-state index in [0.29, 0.717) is 10.6 Å². The molecule has 0 saturated carbocycles. The number of benzene rings is 3. The molecule has 0 radical (unpaired) electrons. The zero-order valence-corrected chi connectivity index (χ0v) is 18.0. The Morgan fingerprint density at radius 1 is 0.879 bits per heavy atom. The normalized spacial score (nSPS) is 11.6. The van der Waals surface area contributed by atoms with Crippen LogP contribution in [-0.4, -0.2) is 28.1 Å². The Labute approximate surface area is 192 Å². The van der Waals surface area contributed by atoms with E-state index >= 15 is 0 Å². The fraction of sp³-hybridized carbons (Fsp3) is 0.0833. The van der Waals surface area contributed by atoms with Crippen LogP contribution >= 0.6 is 11.3 Å². The third kappa shape index (κ3) is 5.83. The van der Waals surface area contributed by atoms with Crippen LogP contribution in [0.1, 0.15) is 15.9 Å². The number of amides is 2. The van der Waals surface area contributed by atoms with E-state index < -0.39 is 23.7 Å². The first kappa shape index (κ1) is 22.2. The van der Waals surface area contributed by atoms with Crippen LogP contribution in [0.5, 0.6) is 0 Å². The van der Waals surface area contributed by atoms with Gasteiger partial charge in [-0.05, 0) is 48.0 Å². The summed E-state index contributed by atoms with van der Waals surface area (Å²) in [6.45, 7) is 0. The van der Waals surface area contributed by atoms with Crippen molar-refractivity contribution in [2.75, 3.05) is 5.32 Å². The molecule has 0 bridgehead atoms. The van der Waals surface area contributed by atoms with Gasteiger partial charge >= 0.3 is 0 Å². The molecule has 0 fully saturated rings. The van der Waals surface area contributed by atoms with Crippen molar-refractivity contribution in [1.82, 2.24) is 15.5 Å². The maximum absolute atomic E-state index is 13.5. The topological polar surface area (TPSA) is 84.0 Å². The standard InChI is InChI=1S/C24H18F2N4O2S/c25-18-11-9-16(10-12-18)23-29-30-24(33-23)28-22(32)20(13-15-5-2-1-3-6-15)27-21(31)17-7-4-8-19(26)14-17/h1-12,14,20H,13H2,(H,27,31)(H,28,30,32)/t20-/m1/s1. The molecule has 4 rings (SSSR count). The van der Waals surface area contributed by atoms with Crippen molar-refractivity contribution in [2.24, 2.45) is 0 Å². The van der Waals surface area contributed by atoms with E-state index in [9.17, 15) is 18.4 Å². The fourth-order valence-electron chi connectivity index (χ4n) is 3.11. The van der Waals surface area contributed by atoms with Crippen molar-refractivity contribution in [3.63, 3.8) is 0 Å². The molecule has 33 heavy (non-hydrogen) atoms.